The summed E-state index contributed by atoms with van der Waals surface area (Å²) >= 11 is 0. The molecule has 27 heavy (non-hydrogen) atoms. The molecule has 1 aliphatic heterocycles. The number of pyridine rings is 1. The Kier molecular flexibility index (Phi) is 5.30. The van der Waals surface area contributed by atoms with E-state index in [0.717, 1.165) is 18.4 Å². The maximum absolute atomic E-state index is 13.0. The number of rotatable bonds is 5. The van der Waals surface area contributed by atoms with Gasteiger partial charge < -0.3 is 19.5 Å². The van der Waals surface area contributed by atoms with E-state index >= 15 is 0 Å². The highest BCUT2D eigenvalue weighted by molar-refractivity contribution is 5.94. The van der Waals surface area contributed by atoms with Gasteiger partial charge >= 0.3 is 5.97 Å². The molecule has 1 unspecified atom stereocenters. The van der Waals surface area contributed by atoms with Gasteiger partial charge in [0, 0.05) is 6.54 Å². The van der Waals surface area contributed by atoms with Crippen LogP contribution in [0.15, 0.2) is 30.3 Å². The first-order valence-corrected chi connectivity index (χ1v) is 8.70. The fourth-order valence-corrected chi connectivity index (χ4v) is 3.47. The van der Waals surface area contributed by atoms with Crippen LogP contribution in [-0.2, 0) is 0 Å². The van der Waals surface area contributed by atoms with Crippen molar-refractivity contribution in [3.63, 3.8) is 0 Å². The van der Waals surface area contributed by atoms with Gasteiger partial charge in [0.25, 0.3) is 5.91 Å². The number of hydrogen-bond acceptors (Lipinski definition) is 5. The number of benzene rings is 1. The third-order valence-electron chi connectivity index (χ3n) is 4.84. The van der Waals surface area contributed by atoms with Crippen LogP contribution in [0.1, 0.15) is 51.0 Å². The first-order valence-electron chi connectivity index (χ1n) is 8.70. The van der Waals surface area contributed by atoms with Crippen molar-refractivity contribution in [2.24, 2.45) is 0 Å². The molecule has 1 aliphatic rings. The predicted octanol–water partition coefficient (Wildman–Crippen LogP) is 3.08. The zero-order valence-electron chi connectivity index (χ0n) is 15.6. The lowest BCUT2D eigenvalue weighted by atomic mass is 10.0. The molecular weight excluding hydrogens is 348 g/mol. The van der Waals surface area contributed by atoms with Crippen molar-refractivity contribution >= 4 is 11.9 Å². The number of hydrogen-bond donors (Lipinski definition) is 1. The van der Waals surface area contributed by atoms with E-state index < -0.39 is 5.97 Å². The van der Waals surface area contributed by atoms with E-state index in [9.17, 15) is 9.59 Å². The molecule has 7 nitrogen and oxygen atoms in total. The summed E-state index contributed by atoms with van der Waals surface area (Å²) in [6.07, 6.45) is 1.73. The molecule has 1 fully saturated rings. The van der Waals surface area contributed by atoms with E-state index in [1.165, 1.54) is 12.1 Å². The molecule has 1 atom stereocenters. The molecule has 0 radical (unpaired) electrons. The van der Waals surface area contributed by atoms with Crippen LogP contribution in [0.4, 0.5) is 0 Å². The second-order valence-electron chi connectivity index (χ2n) is 6.41. The number of carbonyl (C=O) groups excluding carboxylic acids is 1. The fourth-order valence-electron chi connectivity index (χ4n) is 3.47. The lowest BCUT2D eigenvalue weighted by molar-refractivity contribution is 0.0689. The van der Waals surface area contributed by atoms with E-state index in [4.69, 9.17) is 14.6 Å². The number of carbonyl (C=O) groups is 2. The first-order chi connectivity index (χ1) is 13.0. The molecule has 3 rings (SSSR count). The average Bonchev–Trinajstić information content (AvgIpc) is 3.16. The third kappa shape index (κ3) is 3.58. The third-order valence-corrected chi connectivity index (χ3v) is 4.84. The fraction of sp³-hybridized carbons (Fsp3) is 0.350. The number of ether oxygens (including phenoxy) is 2. The summed E-state index contributed by atoms with van der Waals surface area (Å²) in [5, 5.41) is 9.13. The number of amides is 1. The number of carboxylic acids is 1. The van der Waals surface area contributed by atoms with Crippen LogP contribution < -0.4 is 9.47 Å². The Hall–Kier alpha value is -3.09. The van der Waals surface area contributed by atoms with Gasteiger partial charge in [-0.3, -0.25) is 4.79 Å². The number of nitrogens with zero attached hydrogens (tertiary/aromatic N) is 2. The molecule has 0 bridgehead atoms. The van der Waals surface area contributed by atoms with E-state index in [0.29, 0.717) is 23.7 Å². The van der Waals surface area contributed by atoms with Crippen molar-refractivity contribution in [1.29, 1.82) is 0 Å². The molecule has 7 heteroatoms. The molecule has 1 aromatic carbocycles. The summed E-state index contributed by atoms with van der Waals surface area (Å²) in [6.45, 7) is 2.22. The number of aromatic carboxylic acids is 1. The number of likely N-dealkylation sites (tertiary alicyclic amines) is 1. The second kappa shape index (κ2) is 7.65. The van der Waals surface area contributed by atoms with Crippen LogP contribution >= 0.6 is 0 Å². The number of aryl methyl sites for hydroxylation is 1. The van der Waals surface area contributed by atoms with Crippen molar-refractivity contribution < 1.29 is 24.2 Å². The second-order valence-corrected chi connectivity index (χ2v) is 6.41. The summed E-state index contributed by atoms with van der Waals surface area (Å²) in [7, 11) is 3.16. The number of methoxy groups -OCH3 is 2. The molecule has 142 valence electrons. The summed E-state index contributed by atoms with van der Waals surface area (Å²) in [6, 6.07) is 8.48. The van der Waals surface area contributed by atoms with E-state index in [-0.39, 0.29) is 23.2 Å². The van der Waals surface area contributed by atoms with Crippen LogP contribution in [0, 0.1) is 6.92 Å². The topological polar surface area (TPSA) is 89.0 Å². The van der Waals surface area contributed by atoms with Gasteiger partial charge in [-0.2, -0.15) is 0 Å². The summed E-state index contributed by atoms with van der Waals surface area (Å²) < 4.78 is 10.6. The van der Waals surface area contributed by atoms with Gasteiger partial charge in [0.15, 0.2) is 11.5 Å². The predicted molar refractivity (Wildman–Crippen MR) is 98.5 cm³/mol. The van der Waals surface area contributed by atoms with Gasteiger partial charge in [-0.1, -0.05) is 6.07 Å². The largest absolute Gasteiger partial charge is 0.493 e. The Morgan fingerprint density at radius 1 is 1.15 bits per heavy atom. The standard InChI is InChI=1S/C20H22N2O5/c1-12-14(20(24)25)7-8-15(21-12)19(23)22-10-4-5-16(22)13-6-9-17(26-2)18(11-13)27-3/h6-9,11,16H,4-5,10H2,1-3H3,(H,24,25). The van der Waals surface area contributed by atoms with Crippen LogP contribution in [0.2, 0.25) is 0 Å². The van der Waals surface area contributed by atoms with Gasteiger partial charge in [0.2, 0.25) is 0 Å². The highest BCUT2D eigenvalue weighted by Crippen LogP contribution is 2.37. The van der Waals surface area contributed by atoms with Crippen molar-refractivity contribution in [3.8, 4) is 11.5 Å². The van der Waals surface area contributed by atoms with Crippen LogP contribution in [0.25, 0.3) is 0 Å². The minimum Gasteiger partial charge on any atom is -0.493 e. The maximum atomic E-state index is 13.0. The van der Waals surface area contributed by atoms with Crippen molar-refractivity contribution in [1.82, 2.24) is 9.88 Å². The summed E-state index contributed by atoms with van der Waals surface area (Å²) in [5.41, 5.74) is 1.65. The van der Waals surface area contributed by atoms with Crippen LogP contribution in [0.3, 0.4) is 0 Å². The minimum absolute atomic E-state index is 0.0847. The lowest BCUT2D eigenvalue weighted by Gasteiger charge is -2.25. The SMILES string of the molecule is COc1ccc(C2CCCN2C(=O)c2ccc(C(=O)O)c(C)n2)cc1OC. The van der Waals surface area contributed by atoms with Gasteiger partial charge in [-0.15, -0.1) is 0 Å². The quantitative estimate of drug-likeness (QED) is 0.870. The minimum atomic E-state index is -1.05. The molecule has 2 heterocycles. The smallest absolute Gasteiger partial charge is 0.337 e. The van der Waals surface area contributed by atoms with Gasteiger partial charge in [-0.05, 0) is 49.6 Å². The molecule has 1 saturated heterocycles. The van der Waals surface area contributed by atoms with Crippen LogP contribution in [-0.4, -0.2) is 47.6 Å². The van der Waals surface area contributed by atoms with E-state index in [1.807, 2.05) is 18.2 Å². The van der Waals surface area contributed by atoms with Crippen molar-refractivity contribution in [2.75, 3.05) is 20.8 Å². The molecule has 0 aliphatic carbocycles. The molecule has 1 N–H and O–H groups in total. The summed E-state index contributed by atoms with van der Waals surface area (Å²) in [4.78, 5) is 30.1. The Morgan fingerprint density at radius 2 is 1.89 bits per heavy atom. The monoisotopic (exact) mass is 370 g/mol. The molecule has 0 saturated carbocycles. The van der Waals surface area contributed by atoms with E-state index in [2.05, 4.69) is 4.98 Å². The Labute approximate surface area is 157 Å². The highest BCUT2D eigenvalue weighted by Gasteiger charge is 2.32. The molecule has 0 spiro atoms. The number of aromatic nitrogens is 1. The Bertz CT molecular complexity index is 881. The van der Waals surface area contributed by atoms with Gasteiger partial charge in [-0.25, -0.2) is 9.78 Å². The van der Waals surface area contributed by atoms with Gasteiger partial charge in [0.05, 0.1) is 31.5 Å². The van der Waals surface area contributed by atoms with Crippen molar-refractivity contribution in [2.45, 2.75) is 25.8 Å². The normalized spacial score (nSPS) is 16.3. The Morgan fingerprint density at radius 3 is 2.52 bits per heavy atom. The zero-order chi connectivity index (χ0) is 19.6. The maximum Gasteiger partial charge on any atom is 0.337 e. The highest BCUT2D eigenvalue weighted by atomic mass is 16.5. The van der Waals surface area contributed by atoms with Gasteiger partial charge in [0.1, 0.15) is 5.69 Å². The molecule has 2 aromatic rings. The molecule has 1 aromatic heterocycles. The Balaban J connectivity index is 1.89. The molecular formula is C20H22N2O5. The summed E-state index contributed by atoms with van der Waals surface area (Å²) in [5.74, 6) is 0.00320. The van der Waals surface area contributed by atoms with Crippen LogP contribution in [0.5, 0.6) is 11.5 Å². The average molecular weight is 370 g/mol. The first kappa shape index (κ1) is 18.7. The molecule has 1 amide bonds. The number of carboxylic acid groups (broad SMARTS) is 1. The lowest BCUT2D eigenvalue weighted by Crippen LogP contribution is -2.31. The van der Waals surface area contributed by atoms with Crippen molar-refractivity contribution in [3.05, 3.63) is 52.8 Å². The zero-order valence-corrected chi connectivity index (χ0v) is 15.6. The van der Waals surface area contributed by atoms with E-state index in [1.54, 1.807) is 26.0 Å².